The number of nitrogens with one attached hydrogen (secondary N) is 1. The SMILES string of the molecule is CN=C(NCCC1CC2CCC1C2)N1CCN(c2ncccn2)CC1.I. The van der Waals surface area contributed by atoms with Crippen LogP contribution in [-0.2, 0) is 0 Å². The number of hydrogen-bond acceptors (Lipinski definition) is 4. The molecule has 0 radical (unpaired) electrons. The van der Waals surface area contributed by atoms with Gasteiger partial charge in [-0.15, -0.1) is 24.0 Å². The summed E-state index contributed by atoms with van der Waals surface area (Å²) in [6.07, 6.45) is 10.9. The molecule has 2 bridgehead atoms. The molecule has 7 heteroatoms. The molecule has 1 N–H and O–H groups in total. The zero-order valence-corrected chi connectivity index (χ0v) is 18.0. The lowest BCUT2D eigenvalue weighted by molar-refractivity contribution is 0.311. The summed E-state index contributed by atoms with van der Waals surface area (Å²) < 4.78 is 0. The third-order valence-corrected chi connectivity index (χ3v) is 6.31. The van der Waals surface area contributed by atoms with Crippen LogP contribution in [0.3, 0.4) is 0 Å². The van der Waals surface area contributed by atoms with Gasteiger partial charge in [-0.25, -0.2) is 9.97 Å². The van der Waals surface area contributed by atoms with E-state index in [1.54, 1.807) is 0 Å². The quantitative estimate of drug-likeness (QED) is 0.417. The van der Waals surface area contributed by atoms with E-state index in [4.69, 9.17) is 0 Å². The lowest BCUT2D eigenvalue weighted by Gasteiger charge is -2.36. The summed E-state index contributed by atoms with van der Waals surface area (Å²) in [5, 5.41) is 3.61. The van der Waals surface area contributed by atoms with Crippen LogP contribution in [0.25, 0.3) is 0 Å². The maximum absolute atomic E-state index is 4.50. The lowest BCUT2D eigenvalue weighted by atomic mass is 9.86. The molecule has 3 fully saturated rings. The Morgan fingerprint density at radius 3 is 2.54 bits per heavy atom. The summed E-state index contributed by atoms with van der Waals surface area (Å²) in [6.45, 7) is 4.87. The highest BCUT2D eigenvalue weighted by Crippen LogP contribution is 2.49. The van der Waals surface area contributed by atoms with Gasteiger partial charge >= 0.3 is 0 Å². The number of nitrogens with zero attached hydrogens (tertiary/aromatic N) is 5. The van der Waals surface area contributed by atoms with Crippen molar-refractivity contribution in [3.05, 3.63) is 18.5 Å². The first kappa shape index (κ1) is 19.6. The fraction of sp³-hybridized carbons (Fsp3) is 0.737. The van der Waals surface area contributed by atoms with Gasteiger partial charge in [-0.2, -0.15) is 0 Å². The lowest BCUT2D eigenvalue weighted by Crippen LogP contribution is -2.53. The Kier molecular flexibility index (Phi) is 6.94. The smallest absolute Gasteiger partial charge is 0.225 e. The number of guanidine groups is 1. The van der Waals surface area contributed by atoms with Crippen LogP contribution in [0.2, 0.25) is 0 Å². The van der Waals surface area contributed by atoms with Crippen LogP contribution >= 0.6 is 24.0 Å². The van der Waals surface area contributed by atoms with Crippen LogP contribution in [0.15, 0.2) is 23.5 Å². The zero-order chi connectivity index (χ0) is 17.1. The Hall–Kier alpha value is -1.12. The van der Waals surface area contributed by atoms with E-state index >= 15 is 0 Å². The van der Waals surface area contributed by atoms with Crippen molar-refractivity contribution < 1.29 is 0 Å². The van der Waals surface area contributed by atoms with Crippen molar-refractivity contribution >= 4 is 35.9 Å². The van der Waals surface area contributed by atoms with Crippen LogP contribution < -0.4 is 10.2 Å². The molecule has 4 rings (SSSR count). The highest BCUT2D eigenvalue weighted by Gasteiger charge is 2.38. The highest BCUT2D eigenvalue weighted by atomic mass is 127. The third-order valence-electron chi connectivity index (χ3n) is 6.31. The normalized spacial score (nSPS) is 28.2. The van der Waals surface area contributed by atoms with Crippen molar-refractivity contribution in [3.8, 4) is 0 Å². The standard InChI is InChI=1S/C19H30N6.HI/c1-20-18(23-8-5-17-14-15-3-4-16(17)13-15)24-9-11-25(12-10-24)19-21-6-2-7-22-19;/h2,6-7,15-17H,3-5,8-14H2,1H3,(H,20,23);1H. The van der Waals surface area contributed by atoms with Gasteiger partial charge in [-0.05, 0) is 49.5 Å². The van der Waals surface area contributed by atoms with Crippen LogP contribution in [0.5, 0.6) is 0 Å². The molecule has 2 aliphatic carbocycles. The fourth-order valence-corrected chi connectivity index (χ4v) is 5.00. The first-order valence-electron chi connectivity index (χ1n) is 9.81. The molecule has 2 saturated carbocycles. The van der Waals surface area contributed by atoms with Crippen molar-refractivity contribution in [2.75, 3.05) is 44.7 Å². The molecule has 0 amide bonds. The minimum atomic E-state index is 0. The molecule has 0 aromatic carbocycles. The van der Waals surface area contributed by atoms with Gasteiger partial charge in [0.25, 0.3) is 0 Å². The zero-order valence-electron chi connectivity index (χ0n) is 15.7. The monoisotopic (exact) mass is 470 g/mol. The molecule has 6 nitrogen and oxygen atoms in total. The van der Waals surface area contributed by atoms with Crippen LogP contribution in [0.1, 0.15) is 32.1 Å². The molecule has 0 spiro atoms. The van der Waals surface area contributed by atoms with E-state index in [-0.39, 0.29) is 24.0 Å². The Balaban J connectivity index is 0.00000196. The van der Waals surface area contributed by atoms with E-state index in [0.29, 0.717) is 0 Å². The summed E-state index contributed by atoms with van der Waals surface area (Å²) in [7, 11) is 1.90. The van der Waals surface area contributed by atoms with E-state index < -0.39 is 0 Å². The number of anilines is 1. The predicted octanol–water partition coefficient (Wildman–Crippen LogP) is 2.62. The van der Waals surface area contributed by atoms with Gasteiger partial charge in [0, 0.05) is 52.2 Å². The second-order valence-corrected chi connectivity index (χ2v) is 7.72. The van der Waals surface area contributed by atoms with Crippen LogP contribution in [0.4, 0.5) is 5.95 Å². The van der Waals surface area contributed by atoms with Crippen molar-refractivity contribution in [1.82, 2.24) is 20.2 Å². The van der Waals surface area contributed by atoms with Gasteiger partial charge in [0.2, 0.25) is 5.95 Å². The molecule has 1 aromatic rings. The van der Waals surface area contributed by atoms with Crippen molar-refractivity contribution in [2.24, 2.45) is 22.7 Å². The van der Waals surface area contributed by atoms with Gasteiger partial charge in [-0.3, -0.25) is 4.99 Å². The topological polar surface area (TPSA) is 56.7 Å². The number of halogens is 1. The van der Waals surface area contributed by atoms with E-state index in [1.807, 2.05) is 25.5 Å². The Morgan fingerprint density at radius 1 is 1.15 bits per heavy atom. The Morgan fingerprint density at radius 2 is 1.92 bits per heavy atom. The number of aromatic nitrogens is 2. The van der Waals surface area contributed by atoms with E-state index in [1.165, 1.54) is 32.1 Å². The number of rotatable bonds is 4. The van der Waals surface area contributed by atoms with E-state index in [0.717, 1.165) is 62.4 Å². The van der Waals surface area contributed by atoms with Gasteiger partial charge in [-0.1, -0.05) is 6.42 Å². The minimum absolute atomic E-state index is 0. The first-order valence-corrected chi connectivity index (χ1v) is 9.81. The van der Waals surface area contributed by atoms with Crippen molar-refractivity contribution in [3.63, 3.8) is 0 Å². The van der Waals surface area contributed by atoms with Crippen molar-refractivity contribution in [1.29, 1.82) is 0 Å². The summed E-state index contributed by atoms with van der Waals surface area (Å²) in [5.41, 5.74) is 0. The number of aliphatic imine (C=N–C) groups is 1. The third kappa shape index (κ3) is 4.40. The maximum Gasteiger partial charge on any atom is 0.225 e. The molecule has 1 aliphatic heterocycles. The first-order chi connectivity index (χ1) is 12.3. The second-order valence-electron chi connectivity index (χ2n) is 7.72. The molecular formula is C19H31IN6. The summed E-state index contributed by atoms with van der Waals surface area (Å²) >= 11 is 0. The molecule has 3 atom stereocenters. The van der Waals surface area contributed by atoms with E-state index in [2.05, 4.69) is 30.1 Å². The van der Waals surface area contributed by atoms with Crippen LogP contribution in [-0.4, -0.2) is 60.6 Å². The van der Waals surface area contributed by atoms with Gasteiger partial charge in [0.05, 0.1) is 0 Å². The summed E-state index contributed by atoms with van der Waals surface area (Å²) in [5.74, 6) is 4.90. The average Bonchev–Trinajstić information content (AvgIpc) is 3.29. The molecule has 144 valence electrons. The minimum Gasteiger partial charge on any atom is -0.356 e. The maximum atomic E-state index is 4.50. The Labute approximate surface area is 173 Å². The molecular weight excluding hydrogens is 439 g/mol. The molecule has 26 heavy (non-hydrogen) atoms. The average molecular weight is 470 g/mol. The largest absolute Gasteiger partial charge is 0.356 e. The van der Waals surface area contributed by atoms with Gasteiger partial charge in [0.1, 0.15) is 0 Å². The highest BCUT2D eigenvalue weighted by molar-refractivity contribution is 14.0. The molecule has 3 aliphatic rings. The van der Waals surface area contributed by atoms with Gasteiger partial charge < -0.3 is 15.1 Å². The van der Waals surface area contributed by atoms with Crippen LogP contribution in [0, 0.1) is 17.8 Å². The van der Waals surface area contributed by atoms with Crippen molar-refractivity contribution in [2.45, 2.75) is 32.1 Å². The second kappa shape index (κ2) is 9.19. The molecule has 1 saturated heterocycles. The number of piperazine rings is 1. The number of fused-ring (bicyclic) bond motifs is 2. The van der Waals surface area contributed by atoms with Gasteiger partial charge in [0.15, 0.2) is 5.96 Å². The molecule has 2 heterocycles. The summed E-state index contributed by atoms with van der Waals surface area (Å²) in [6, 6.07) is 1.86. The predicted molar refractivity (Wildman–Crippen MR) is 116 cm³/mol. The molecule has 1 aromatic heterocycles. The molecule has 3 unspecified atom stereocenters. The van der Waals surface area contributed by atoms with E-state index in [9.17, 15) is 0 Å². The fourth-order valence-electron chi connectivity index (χ4n) is 5.00. The Bertz CT molecular complexity index is 587. The summed E-state index contributed by atoms with van der Waals surface area (Å²) in [4.78, 5) is 17.8. The number of hydrogen-bond donors (Lipinski definition) is 1.